The van der Waals surface area contributed by atoms with E-state index in [-0.39, 0.29) is 5.97 Å². The molecule has 1 aromatic heterocycles. The highest BCUT2D eigenvalue weighted by Crippen LogP contribution is 2.16. The molecule has 0 atom stereocenters. The molecule has 2 rings (SSSR count). The minimum Gasteiger partial charge on any atom is -0.466 e. The van der Waals surface area contributed by atoms with Crippen molar-refractivity contribution in [1.82, 2.24) is 9.78 Å². The number of benzene rings is 1. The van der Waals surface area contributed by atoms with Crippen LogP contribution in [0.5, 0.6) is 0 Å². The van der Waals surface area contributed by atoms with Crippen LogP contribution < -0.4 is 0 Å². The molecule has 0 unspecified atom stereocenters. The predicted molar refractivity (Wildman–Crippen MR) is 70.3 cm³/mol. The van der Waals surface area contributed by atoms with Crippen molar-refractivity contribution in [1.29, 1.82) is 5.26 Å². The van der Waals surface area contributed by atoms with Gasteiger partial charge in [0.2, 0.25) is 0 Å². The molecule has 0 aliphatic rings. The third kappa shape index (κ3) is 3.10. The first-order valence-electron chi connectivity index (χ1n) is 6.26. The molecule has 0 saturated heterocycles. The number of aromatic nitrogens is 2. The van der Waals surface area contributed by atoms with Gasteiger partial charge in [0, 0.05) is 18.4 Å². The summed E-state index contributed by atoms with van der Waals surface area (Å²) >= 11 is 0. The molecule has 0 aliphatic carbocycles. The number of nitriles is 1. The van der Waals surface area contributed by atoms with Crippen molar-refractivity contribution < 1.29 is 9.53 Å². The zero-order valence-electron chi connectivity index (χ0n) is 10.8. The fourth-order valence-electron chi connectivity index (χ4n) is 1.94. The second-order valence-corrected chi connectivity index (χ2v) is 4.16. The minimum atomic E-state index is -0.175. The maximum Gasteiger partial charge on any atom is 0.305 e. The van der Waals surface area contributed by atoms with Gasteiger partial charge in [0.1, 0.15) is 0 Å². The largest absolute Gasteiger partial charge is 0.466 e. The number of hydrogen-bond acceptors (Lipinski definition) is 4. The summed E-state index contributed by atoms with van der Waals surface area (Å²) in [6, 6.07) is 7.56. The van der Waals surface area contributed by atoms with Crippen LogP contribution in [0.1, 0.15) is 25.3 Å². The summed E-state index contributed by atoms with van der Waals surface area (Å²) in [4.78, 5) is 11.2. The van der Waals surface area contributed by atoms with Gasteiger partial charge >= 0.3 is 5.97 Å². The van der Waals surface area contributed by atoms with Crippen molar-refractivity contribution >= 4 is 16.9 Å². The molecule has 2 aromatic rings. The molecular formula is C14H15N3O2. The molecular weight excluding hydrogens is 242 g/mol. The van der Waals surface area contributed by atoms with Crippen LogP contribution in [0.3, 0.4) is 0 Å². The zero-order valence-corrected chi connectivity index (χ0v) is 10.8. The first-order chi connectivity index (χ1) is 9.24. The Morgan fingerprint density at radius 1 is 1.53 bits per heavy atom. The maximum absolute atomic E-state index is 11.2. The lowest BCUT2D eigenvalue weighted by Gasteiger charge is -2.04. The quantitative estimate of drug-likeness (QED) is 0.770. The second-order valence-electron chi connectivity index (χ2n) is 4.16. The van der Waals surface area contributed by atoms with Gasteiger partial charge < -0.3 is 4.74 Å². The fraction of sp³-hybridized carbons (Fsp3) is 0.357. The Kier molecular flexibility index (Phi) is 4.14. The molecule has 5 nitrogen and oxygen atoms in total. The van der Waals surface area contributed by atoms with E-state index in [1.165, 1.54) is 0 Å². The Bertz CT molecular complexity index is 625. The van der Waals surface area contributed by atoms with Crippen molar-refractivity contribution in [2.24, 2.45) is 0 Å². The number of hydrogen-bond donors (Lipinski definition) is 0. The molecule has 0 bridgehead atoms. The lowest BCUT2D eigenvalue weighted by atomic mass is 10.2. The molecule has 0 aliphatic heterocycles. The van der Waals surface area contributed by atoms with Gasteiger partial charge in [-0.2, -0.15) is 10.4 Å². The van der Waals surface area contributed by atoms with Crippen LogP contribution >= 0.6 is 0 Å². The van der Waals surface area contributed by atoms with Gasteiger partial charge in [-0.05, 0) is 31.5 Å². The standard InChI is InChI=1S/C14H15N3O2/c1-2-19-14(18)4-3-7-17-13-6-5-11(9-15)8-12(13)10-16-17/h5-6,8,10H,2-4,7H2,1H3. The summed E-state index contributed by atoms with van der Waals surface area (Å²) in [7, 11) is 0. The highest BCUT2D eigenvalue weighted by molar-refractivity contribution is 5.80. The van der Waals surface area contributed by atoms with Gasteiger partial charge in [-0.15, -0.1) is 0 Å². The van der Waals surface area contributed by atoms with E-state index < -0.39 is 0 Å². The number of aryl methyl sites for hydroxylation is 1. The molecule has 0 amide bonds. The van der Waals surface area contributed by atoms with Gasteiger partial charge in [-0.1, -0.05) is 0 Å². The van der Waals surface area contributed by atoms with E-state index in [0.717, 1.165) is 10.9 Å². The van der Waals surface area contributed by atoms with E-state index in [1.54, 1.807) is 19.2 Å². The van der Waals surface area contributed by atoms with E-state index in [0.29, 0.717) is 31.6 Å². The topological polar surface area (TPSA) is 67.9 Å². The summed E-state index contributed by atoms with van der Waals surface area (Å²) < 4.78 is 6.72. The SMILES string of the molecule is CCOC(=O)CCCn1ncc2cc(C#N)ccc21. The summed E-state index contributed by atoms with van der Waals surface area (Å²) in [6.07, 6.45) is 2.82. The number of ether oxygens (including phenoxy) is 1. The molecule has 1 heterocycles. The van der Waals surface area contributed by atoms with E-state index in [1.807, 2.05) is 16.8 Å². The first-order valence-corrected chi connectivity index (χ1v) is 6.26. The lowest BCUT2D eigenvalue weighted by molar-refractivity contribution is -0.143. The van der Waals surface area contributed by atoms with Crippen LogP contribution in [0.15, 0.2) is 24.4 Å². The Labute approximate surface area is 111 Å². The number of rotatable bonds is 5. The van der Waals surface area contributed by atoms with Crippen molar-refractivity contribution in [2.75, 3.05) is 6.61 Å². The average molecular weight is 257 g/mol. The van der Waals surface area contributed by atoms with Crippen LogP contribution in [0.4, 0.5) is 0 Å². The van der Waals surface area contributed by atoms with Crippen molar-refractivity contribution in [2.45, 2.75) is 26.3 Å². The van der Waals surface area contributed by atoms with Gasteiger partial charge in [-0.3, -0.25) is 9.48 Å². The second kappa shape index (κ2) is 6.01. The molecule has 98 valence electrons. The van der Waals surface area contributed by atoms with E-state index in [9.17, 15) is 4.79 Å². The van der Waals surface area contributed by atoms with Crippen molar-refractivity contribution in [3.8, 4) is 6.07 Å². The van der Waals surface area contributed by atoms with Gasteiger partial charge in [0.05, 0.1) is 30.0 Å². The number of nitrogens with zero attached hydrogens (tertiary/aromatic N) is 3. The van der Waals surface area contributed by atoms with Crippen LogP contribution in [0.2, 0.25) is 0 Å². The summed E-state index contributed by atoms with van der Waals surface area (Å²) in [5, 5.41) is 14.0. The fourth-order valence-corrected chi connectivity index (χ4v) is 1.94. The van der Waals surface area contributed by atoms with E-state index in [2.05, 4.69) is 11.2 Å². The minimum absolute atomic E-state index is 0.175. The number of carbonyl (C=O) groups excluding carboxylic acids is 1. The monoisotopic (exact) mass is 257 g/mol. The Hall–Kier alpha value is -2.35. The summed E-state index contributed by atoms with van der Waals surface area (Å²) in [5.41, 5.74) is 1.60. The van der Waals surface area contributed by atoms with Crippen LogP contribution in [-0.4, -0.2) is 22.4 Å². The highest BCUT2D eigenvalue weighted by atomic mass is 16.5. The maximum atomic E-state index is 11.2. The number of fused-ring (bicyclic) bond motifs is 1. The molecule has 0 N–H and O–H groups in total. The van der Waals surface area contributed by atoms with E-state index in [4.69, 9.17) is 10.00 Å². The van der Waals surface area contributed by atoms with Crippen LogP contribution in [0.25, 0.3) is 10.9 Å². The van der Waals surface area contributed by atoms with E-state index >= 15 is 0 Å². The van der Waals surface area contributed by atoms with Crippen molar-refractivity contribution in [3.63, 3.8) is 0 Å². The average Bonchev–Trinajstić information content (AvgIpc) is 2.81. The summed E-state index contributed by atoms with van der Waals surface area (Å²) in [5.74, 6) is -0.175. The lowest BCUT2D eigenvalue weighted by Crippen LogP contribution is -2.07. The van der Waals surface area contributed by atoms with Gasteiger partial charge in [0.25, 0.3) is 0 Å². The Morgan fingerprint density at radius 3 is 3.11 bits per heavy atom. The normalized spacial score (nSPS) is 10.3. The van der Waals surface area contributed by atoms with Gasteiger partial charge in [-0.25, -0.2) is 0 Å². The number of carbonyl (C=O) groups is 1. The third-order valence-electron chi connectivity index (χ3n) is 2.83. The van der Waals surface area contributed by atoms with Crippen LogP contribution in [-0.2, 0) is 16.1 Å². The zero-order chi connectivity index (χ0) is 13.7. The Balaban J connectivity index is 2.02. The first kappa shape index (κ1) is 13.1. The molecule has 19 heavy (non-hydrogen) atoms. The highest BCUT2D eigenvalue weighted by Gasteiger charge is 2.05. The molecule has 0 spiro atoms. The van der Waals surface area contributed by atoms with Gasteiger partial charge in [0.15, 0.2) is 0 Å². The predicted octanol–water partition coefficient (Wildman–Crippen LogP) is 2.25. The molecule has 0 radical (unpaired) electrons. The summed E-state index contributed by atoms with van der Waals surface area (Å²) in [6.45, 7) is 2.88. The number of esters is 1. The third-order valence-corrected chi connectivity index (χ3v) is 2.83. The molecule has 0 fully saturated rings. The molecule has 1 aromatic carbocycles. The molecule has 5 heteroatoms. The molecule has 0 saturated carbocycles. The van der Waals surface area contributed by atoms with Crippen LogP contribution in [0, 0.1) is 11.3 Å². The smallest absolute Gasteiger partial charge is 0.305 e. The van der Waals surface area contributed by atoms with Crippen molar-refractivity contribution in [3.05, 3.63) is 30.0 Å². The Morgan fingerprint density at radius 2 is 2.37 bits per heavy atom.